The van der Waals surface area contributed by atoms with Crippen molar-refractivity contribution in [2.75, 3.05) is 33.0 Å². The van der Waals surface area contributed by atoms with E-state index < -0.39 is 13.9 Å². The van der Waals surface area contributed by atoms with Gasteiger partial charge in [-0.15, -0.1) is 0 Å². The molecule has 2 atom stereocenters. The third-order valence-electron chi connectivity index (χ3n) is 8.12. The maximum absolute atomic E-state index is 12.2. The second kappa shape index (κ2) is 36.3. The Morgan fingerprint density at radius 2 is 1.13 bits per heavy atom. The Labute approximate surface area is 289 Å². The lowest BCUT2D eigenvalue weighted by Gasteiger charge is -2.20. The molecule has 0 saturated carbocycles. The molecule has 0 aromatic rings. The Hall–Kier alpha value is -1.02. The second-order valence-electron chi connectivity index (χ2n) is 12.8. The number of phosphoric ester groups is 1. The number of carbonyl (C=O) groups is 1. The minimum Gasteiger partial charge on any atom is -0.457 e. The van der Waals surface area contributed by atoms with E-state index >= 15 is 0 Å². The van der Waals surface area contributed by atoms with Crippen LogP contribution in [0.2, 0.25) is 0 Å². The number of hydrogen-bond donors (Lipinski definition) is 2. The SMILES string of the molecule is CCCCCCC/C=C\C/C=C\CCCCCCCCCCCCCCOCC(COP(=O)(O)OCCN)OC(=O)CCCCCC. The smallest absolute Gasteiger partial charge is 0.457 e. The van der Waals surface area contributed by atoms with E-state index in [0.29, 0.717) is 13.0 Å². The highest BCUT2D eigenvalue weighted by Gasteiger charge is 2.25. The van der Waals surface area contributed by atoms with Crippen LogP contribution >= 0.6 is 7.82 Å². The van der Waals surface area contributed by atoms with Crippen LogP contribution in [0.4, 0.5) is 0 Å². The monoisotopic (exact) mass is 688 g/mol. The summed E-state index contributed by atoms with van der Waals surface area (Å²) in [6.45, 7) is 4.79. The lowest BCUT2D eigenvalue weighted by Crippen LogP contribution is -2.28. The van der Waals surface area contributed by atoms with Crippen molar-refractivity contribution in [3.63, 3.8) is 0 Å². The number of hydrogen-bond acceptors (Lipinski definition) is 7. The van der Waals surface area contributed by atoms with Crippen LogP contribution < -0.4 is 5.73 Å². The van der Waals surface area contributed by atoms with Crippen molar-refractivity contribution in [2.24, 2.45) is 5.73 Å². The highest BCUT2D eigenvalue weighted by Crippen LogP contribution is 2.43. The molecule has 8 nitrogen and oxygen atoms in total. The van der Waals surface area contributed by atoms with Gasteiger partial charge in [-0.25, -0.2) is 4.57 Å². The van der Waals surface area contributed by atoms with Gasteiger partial charge in [0, 0.05) is 19.6 Å². The van der Waals surface area contributed by atoms with Gasteiger partial charge in [-0.1, -0.05) is 147 Å². The number of unbranched alkanes of at least 4 members (excludes halogenated alkanes) is 20. The van der Waals surface area contributed by atoms with Gasteiger partial charge < -0.3 is 20.1 Å². The zero-order chi connectivity index (χ0) is 34.5. The number of nitrogens with two attached hydrogens (primary N) is 1. The Morgan fingerprint density at radius 1 is 0.638 bits per heavy atom. The highest BCUT2D eigenvalue weighted by atomic mass is 31.2. The van der Waals surface area contributed by atoms with Crippen LogP contribution in [0.1, 0.15) is 174 Å². The number of rotatable bonds is 37. The zero-order valence-electron chi connectivity index (χ0n) is 30.5. The lowest BCUT2D eigenvalue weighted by atomic mass is 10.0. The minimum absolute atomic E-state index is 0.0948. The van der Waals surface area contributed by atoms with Crippen molar-refractivity contribution < 1.29 is 32.8 Å². The zero-order valence-corrected chi connectivity index (χ0v) is 31.4. The molecule has 0 heterocycles. The summed E-state index contributed by atoms with van der Waals surface area (Å²) >= 11 is 0. The average molecular weight is 688 g/mol. The largest absolute Gasteiger partial charge is 0.472 e. The number of phosphoric acid groups is 1. The summed E-state index contributed by atoms with van der Waals surface area (Å²) in [5.74, 6) is -0.348. The first-order valence-electron chi connectivity index (χ1n) is 19.3. The van der Waals surface area contributed by atoms with E-state index in [1.54, 1.807) is 0 Å². The Kier molecular flexibility index (Phi) is 35.5. The topological polar surface area (TPSA) is 117 Å². The van der Waals surface area contributed by atoms with Crippen LogP contribution in [0, 0.1) is 0 Å². The standard InChI is InChI=1S/C38H74NO7P/c1-3-5-7-9-10-11-12-13-14-15-16-17-18-19-20-21-22-23-24-25-26-27-28-30-33-43-35-37(36-45-47(41,42)44-34-32-39)46-38(40)31-29-8-6-4-2/h12-13,15-16,37H,3-11,14,17-36,39H2,1-2H3,(H,41,42)/b13-12-,16-15-. The Morgan fingerprint density at radius 3 is 1.66 bits per heavy atom. The van der Waals surface area contributed by atoms with Crippen molar-refractivity contribution >= 4 is 13.8 Å². The summed E-state index contributed by atoms with van der Waals surface area (Å²) in [5, 5.41) is 0. The maximum atomic E-state index is 12.2. The molecule has 0 aromatic carbocycles. The van der Waals surface area contributed by atoms with E-state index in [1.807, 2.05) is 0 Å². The second-order valence-corrected chi connectivity index (χ2v) is 14.2. The van der Waals surface area contributed by atoms with Gasteiger partial charge in [0.15, 0.2) is 0 Å². The van der Waals surface area contributed by atoms with Crippen molar-refractivity contribution in [1.82, 2.24) is 0 Å². The molecular formula is C38H74NO7P. The van der Waals surface area contributed by atoms with Crippen LogP contribution in [0.25, 0.3) is 0 Å². The quantitative estimate of drug-likeness (QED) is 0.0287. The van der Waals surface area contributed by atoms with E-state index in [9.17, 15) is 14.3 Å². The number of allylic oxidation sites excluding steroid dienone is 4. The molecule has 0 fully saturated rings. The summed E-state index contributed by atoms with van der Waals surface area (Å²) in [4.78, 5) is 22.0. The fourth-order valence-electron chi connectivity index (χ4n) is 5.26. The average Bonchev–Trinajstić information content (AvgIpc) is 3.06. The van der Waals surface area contributed by atoms with Crippen molar-refractivity contribution in [3.8, 4) is 0 Å². The third-order valence-corrected chi connectivity index (χ3v) is 9.11. The molecule has 0 aliphatic heterocycles. The highest BCUT2D eigenvalue weighted by molar-refractivity contribution is 7.47. The van der Waals surface area contributed by atoms with Crippen LogP contribution in [0.3, 0.4) is 0 Å². The number of ether oxygens (including phenoxy) is 2. The van der Waals surface area contributed by atoms with Gasteiger partial charge in [0.2, 0.25) is 0 Å². The molecule has 3 N–H and O–H groups in total. The van der Waals surface area contributed by atoms with E-state index in [4.69, 9.17) is 24.3 Å². The van der Waals surface area contributed by atoms with E-state index in [1.165, 1.54) is 109 Å². The molecule has 0 aliphatic rings. The molecule has 47 heavy (non-hydrogen) atoms. The summed E-state index contributed by atoms with van der Waals surface area (Å²) < 4.78 is 33.0. The molecule has 278 valence electrons. The Bertz CT molecular complexity index is 777. The summed E-state index contributed by atoms with van der Waals surface area (Å²) in [5.41, 5.74) is 5.32. The summed E-state index contributed by atoms with van der Waals surface area (Å²) in [6, 6.07) is 0. The predicted molar refractivity (Wildman–Crippen MR) is 197 cm³/mol. The van der Waals surface area contributed by atoms with Gasteiger partial charge >= 0.3 is 13.8 Å². The summed E-state index contributed by atoms with van der Waals surface area (Å²) in [6.07, 6.45) is 38.3. The molecule has 0 rings (SSSR count). The molecule has 0 amide bonds. The van der Waals surface area contributed by atoms with Crippen molar-refractivity contribution in [1.29, 1.82) is 0 Å². The first-order chi connectivity index (χ1) is 22.9. The van der Waals surface area contributed by atoms with Crippen LogP contribution in [-0.2, 0) is 27.9 Å². The van der Waals surface area contributed by atoms with E-state index in [-0.39, 0.29) is 32.3 Å². The fourth-order valence-corrected chi connectivity index (χ4v) is 6.03. The molecule has 0 spiro atoms. The van der Waals surface area contributed by atoms with Gasteiger partial charge in [-0.05, 0) is 44.9 Å². The summed E-state index contributed by atoms with van der Waals surface area (Å²) in [7, 11) is -4.25. The van der Waals surface area contributed by atoms with E-state index in [0.717, 1.165) is 44.9 Å². The van der Waals surface area contributed by atoms with E-state index in [2.05, 4.69) is 38.2 Å². The molecule has 0 aromatic heterocycles. The molecule has 9 heteroatoms. The molecule has 2 unspecified atom stereocenters. The predicted octanol–water partition coefficient (Wildman–Crippen LogP) is 10.9. The van der Waals surface area contributed by atoms with Crippen LogP contribution in [0.15, 0.2) is 24.3 Å². The minimum atomic E-state index is -4.25. The first-order valence-corrected chi connectivity index (χ1v) is 20.8. The van der Waals surface area contributed by atoms with Gasteiger partial charge in [0.05, 0.1) is 19.8 Å². The van der Waals surface area contributed by atoms with Gasteiger partial charge in [0.25, 0.3) is 0 Å². The molecular weight excluding hydrogens is 613 g/mol. The normalized spacial score (nSPS) is 13.9. The maximum Gasteiger partial charge on any atom is 0.472 e. The van der Waals surface area contributed by atoms with Crippen LogP contribution in [0.5, 0.6) is 0 Å². The first kappa shape index (κ1) is 46.0. The number of esters is 1. The Balaban J connectivity index is 3.75. The molecule has 0 aliphatic carbocycles. The van der Waals surface area contributed by atoms with Crippen molar-refractivity contribution in [3.05, 3.63) is 24.3 Å². The van der Waals surface area contributed by atoms with Crippen LogP contribution in [-0.4, -0.2) is 49.9 Å². The molecule has 0 bridgehead atoms. The van der Waals surface area contributed by atoms with Gasteiger partial charge in [0.1, 0.15) is 6.10 Å². The van der Waals surface area contributed by atoms with Crippen molar-refractivity contribution in [2.45, 2.75) is 180 Å². The fraction of sp³-hybridized carbons (Fsp3) is 0.868. The van der Waals surface area contributed by atoms with Gasteiger partial charge in [-0.2, -0.15) is 0 Å². The molecule has 0 radical (unpaired) electrons. The molecule has 0 saturated heterocycles. The third kappa shape index (κ3) is 36.1. The van der Waals surface area contributed by atoms with Gasteiger partial charge in [-0.3, -0.25) is 13.8 Å². The lowest BCUT2D eigenvalue weighted by molar-refractivity contribution is -0.154. The number of carbonyl (C=O) groups excluding carboxylic acids is 1.